The first-order chi connectivity index (χ1) is 15.8. The monoisotopic (exact) mass is 463 g/mol. The van der Waals surface area contributed by atoms with Crippen LogP contribution in [-0.4, -0.2) is 67.3 Å². The molecule has 1 aliphatic heterocycles. The summed E-state index contributed by atoms with van der Waals surface area (Å²) in [5, 5.41) is 15.9. The van der Waals surface area contributed by atoms with Gasteiger partial charge in [-0.05, 0) is 37.3 Å². The fourth-order valence-electron chi connectivity index (χ4n) is 4.40. The van der Waals surface area contributed by atoms with Crippen molar-refractivity contribution < 1.29 is 14.7 Å². The molecular formula is C24H22ClN5O3. The molecule has 5 rings (SSSR count). The van der Waals surface area contributed by atoms with E-state index in [9.17, 15) is 14.7 Å². The Hall–Kier alpha value is -3.65. The lowest BCUT2D eigenvalue weighted by Crippen LogP contribution is -2.55. The maximum Gasteiger partial charge on any atom is 0.407 e. The Morgan fingerprint density at radius 3 is 2.70 bits per heavy atom. The number of carbonyl (C=O) groups excluding carboxylic acids is 1. The number of pyridine rings is 1. The summed E-state index contributed by atoms with van der Waals surface area (Å²) in [6.45, 7) is 2.80. The Morgan fingerprint density at radius 2 is 1.94 bits per heavy atom. The molecule has 2 amide bonds. The number of aromatic nitrogens is 3. The minimum Gasteiger partial charge on any atom is -0.465 e. The number of rotatable bonds is 2. The molecule has 0 aliphatic carbocycles. The number of hydrogen-bond acceptors (Lipinski definition) is 4. The molecule has 33 heavy (non-hydrogen) atoms. The van der Waals surface area contributed by atoms with Crippen molar-refractivity contribution in [3.05, 3.63) is 59.2 Å². The van der Waals surface area contributed by atoms with Gasteiger partial charge in [0.15, 0.2) is 0 Å². The number of carbonyl (C=O) groups is 2. The average Bonchev–Trinajstić information content (AvgIpc) is 3.17. The highest BCUT2D eigenvalue weighted by atomic mass is 35.5. The molecule has 1 fully saturated rings. The number of amides is 2. The topological polar surface area (TPSA) is 91.6 Å². The van der Waals surface area contributed by atoms with E-state index >= 15 is 0 Å². The Morgan fingerprint density at radius 1 is 1.12 bits per heavy atom. The van der Waals surface area contributed by atoms with Crippen LogP contribution in [0.3, 0.4) is 0 Å². The normalized spacial score (nSPS) is 16.5. The molecule has 9 heteroatoms. The zero-order valence-electron chi connectivity index (χ0n) is 18.2. The summed E-state index contributed by atoms with van der Waals surface area (Å²) in [4.78, 5) is 32.3. The van der Waals surface area contributed by atoms with E-state index < -0.39 is 6.09 Å². The van der Waals surface area contributed by atoms with Gasteiger partial charge in [-0.15, -0.1) is 0 Å². The van der Waals surface area contributed by atoms with Crippen molar-refractivity contribution in [1.29, 1.82) is 0 Å². The summed E-state index contributed by atoms with van der Waals surface area (Å²) in [6.07, 6.45) is 0.847. The van der Waals surface area contributed by atoms with Crippen molar-refractivity contribution in [2.45, 2.75) is 13.0 Å². The fraction of sp³-hybridized carbons (Fsp3) is 0.250. The van der Waals surface area contributed by atoms with E-state index in [2.05, 4.69) is 5.10 Å². The molecule has 4 aromatic rings. The van der Waals surface area contributed by atoms with Gasteiger partial charge in [0.05, 0.1) is 27.9 Å². The van der Waals surface area contributed by atoms with Crippen molar-refractivity contribution in [2.24, 2.45) is 7.05 Å². The van der Waals surface area contributed by atoms with E-state index in [1.807, 2.05) is 48.3 Å². The van der Waals surface area contributed by atoms with E-state index in [0.717, 1.165) is 21.9 Å². The van der Waals surface area contributed by atoms with Gasteiger partial charge < -0.3 is 14.9 Å². The molecule has 2 aromatic heterocycles. The van der Waals surface area contributed by atoms with Crippen LogP contribution in [0.1, 0.15) is 17.3 Å². The Labute approximate surface area is 195 Å². The predicted molar refractivity (Wildman–Crippen MR) is 127 cm³/mol. The Balaban J connectivity index is 1.48. The van der Waals surface area contributed by atoms with Gasteiger partial charge in [0.2, 0.25) is 0 Å². The van der Waals surface area contributed by atoms with Crippen LogP contribution >= 0.6 is 11.6 Å². The Bertz CT molecular complexity index is 1420. The number of piperazine rings is 1. The SMILES string of the molecule is C[C@@H]1CN(C(=O)c2ccc3c(Cl)cc(-c4ccc5c(cnn5C)c4)nc3c2)CCN1C(=O)O. The smallest absolute Gasteiger partial charge is 0.407 e. The van der Waals surface area contributed by atoms with Crippen molar-refractivity contribution in [3.8, 4) is 11.3 Å². The van der Waals surface area contributed by atoms with E-state index in [1.54, 1.807) is 24.0 Å². The van der Waals surface area contributed by atoms with Gasteiger partial charge >= 0.3 is 6.09 Å². The highest BCUT2D eigenvalue weighted by Gasteiger charge is 2.30. The molecule has 8 nitrogen and oxygen atoms in total. The van der Waals surface area contributed by atoms with Crippen molar-refractivity contribution in [1.82, 2.24) is 24.6 Å². The van der Waals surface area contributed by atoms with Crippen molar-refractivity contribution in [2.75, 3.05) is 19.6 Å². The second-order valence-corrected chi connectivity index (χ2v) is 8.75. The number of carboxylic acid groups (broad SMARTS) is 1. The fourth-order valence-corrected chi connectivity index (χ4v) is 4.66. The summed E-state index contributed by atoms with van der Waals surface area (Å²) in [5.41, 5.74) is 3.78. The largest absolute Gasteiger partial charge is 0.465 e. The molecule has 0 saturated carbocycles. The Kier molecular flexibility index (Phi) is 5.17. The second kappa shape index (κ2) is 8.04. The van der Waals surface area contributed by atoms with Gasteiger partial charge in [-0.3, -0.25) is 9.48 Å². The highest BCUT2D eigenvalue weighted by molar-refractivity contribution is 6.35. The molecular weight excluding hydrogens is 442 g/mol. The van der Waals surface area contributed by atoms with E-state index in [4.69, 9.17) is 16.6 Å². The molecule has 3 heterocycles. The quantitative estimate of drug-likeness (QED) is 0.479. The minimum absolute atomic E-state index is 0.145. The summed E-state index contributed by atoms with van der Waals surface area (Å²) in [5.74, 6) is -0.145. The maximum atomic E-state index is 13.1. The molecule has 0 unspecified atom stereocenters. The summed E-state index contributed by atoms with van der Waals surface area (Å²) < 4.78 is 1.81. The van der Waals surface area contributed by atoms with Crippen LogP contribution in [0.15, 0.2) is 48.7 Å². The highest BCUT2D eigenvalue weighted by Crippen LogP contribution is 2.30. The summed E-state index contributed by atoms with van der Waals surface area (Å²) >= 11 is 6.57. The van der Waals surface area contributed by atoms with Crippen LogP contribution in [0, 0.1) is 0 Å². The van der Waals surface area contributed by atoms with E-state index in [1.165, 1.54) is 4.90 Å². The van der Waals surface area contributed by atoms with Crippen LogP contribution in [-0.2, 0) is 7.05 Å². The van der Waals surface area contributed by atoms with E-state index in [-0.39, 0.29) is 11.9 Å². The van der Waals surface area contributed by atoms with Crippen LogP contribution in [0.4, 0.5) is 4.79 Å². The minimum atomic E-state index is -0.962. The first-order valence-corrected chi connectivity index (χ1v) is 11.0. The van der Waals surface area contributed by atoms with Crippen LogP contribution in [0.25, 0.3) is 33.1 Å². The predicted octanol–water partition coefficient (Wildman–Crippen LogP) is 4.27. The van der Waals surface area contributed by atoms with Gasteiger partial charge in [-0.1, -0.05) is 23.7 Å². The standard InChI is InChI=1S/C24H22ClN5O3/c1-14-13-29(7-8-30(14)24(32)33)23(31)16-3-5-18-19(25)11-20(27-21(18)10-16)15-4-6-22-17(9-15)12-26-28(22)2/h3-6,9-12,14H,7-8,13H2,1-2H3,(H,32,33)/t14-/m1/s1. The van der Waals surface area contributed by atoms with Crippen LogP contribution in [0.5, 0.6) is 0 Å². The van der Waals surface area contributed by atoms with Crippen molar-refractivity contribution in [3.63, 3.8) is 0 Å². The first-order valence-electron chi connectivity index (χ1n) is 10.6. The lowest BCUT2D eigenvalue weighted by Gasteiger charge is -2.38. The molecule has 1 atom stereocenters. The van der Waals surface area contributed by atoms with Crippen LogP contribution < -0.4 is 0 Å². The maximum absolute atomic E-state index is 13.1. The number of benzene rings is 2. The lowest BCUT2D eigenvalue weighted by atomic mass is 10.1. The molecule has 1 N–H and O–H groups in total. The zero-order valence-corrected chi connectivity index (χ0v) is 19.0. The van der Waals surface area contributed by atoms with Gasteiger partial charge in [0.1, 0.15) is 0 Å². The third-order valence-electron chi connectivity index (χ3n) is 6.21. The van der Waals surface area contributed by atoms with Gasteiger partial charge in [-0.25, -0.2) is 9.78 Å². The summed E-state index contributed by atoms with van der Waals surface area (Å²) in [6, 6.07) is 12.9. The van der Waals surface area contributed by atoms with Gasteiger partial charge in [0, 0.05) is 54.6 Å². The first kappa shape index (κ1) is 21.2. The number of fused-ring (bicyclic) bond motifs is 2. The average molecular weight is 464 g/mol. The molecule has 0 bridgehead atoms. The molecule has 0 spiro atoms. The number of aryl methyl sites for hydroxylation is 1. The molecule has 2 aromatic carbocycles. The number of halogens is 1. The summed E-state index contributed by atoms with van der Waals surface area (Å²) in [7, 11) is 1.90. The lowest BCUT2D eigenvalue weighted by molar-refractivity contribution is 0.0507. The van der Waals surface area contributed by atoms with Gasteiger partial charge in [-0.2, -0.15) is 5.10 Å². The second-order valence-electron chi connectivity index (χ2n) is 8.34. The number of hydrogen-bond donors (Lipinski definition) is 1. The van der Waals surface area contributed by atoms with Gasteiger partial charge in [0.25, 0.3) is 5.91 Å². The molecule has 1 aliphatic rings. The zero-order chi connectivity index (χ0) is 23.3. The molecule has 0 radical (unpaired) electrons. The molecule has 168 valence electrons. The third kappa shape index (κ3) is 3.76. The van der Waals surface area contributed by atoms with Crippen LogP contribution in [0.2, 0.25) is 5.02 Å². The third-order valence-corrected chi connectivity index (χ3v) is 6.52. The van der Waals surface area contributed by atoms with E-state index in [0.29, 0.717) is 41.4 Å². The molecule has 1 saturated heterocycles. The number of nitrogens with zero attached hydrogens (tertiary/aromatic N) is 5. The van der Waals surface area contributed by atoms with Crippen molar-refractivity contribution >= 4 is 45.4 Å².